The van der Waals surface area contributed by atoms with Crippen molar-refractivity contribution < 1.29 is 19.1 Å². The van der Waals surface area contributed by atoms with E-state index in [1.54, 1.807) is 18.2 Å². The van der Waals surface area contributed by atoms with E-state index in [1.165, 1.54) is 7.11 Å². The molecule has 4 rings (SSSR count). The molecule has 0 saturated heterocycles. The van der Waals surface area contributed by atoms with E-state index in [0.717, 1.165) is 22.8 Å². The van der Waals surface area contributed by atoms with Gasteiger partial charge in [0.1, 0.15) is 5.52 Å². The van der Waals surface area contributed by atoms with E-state index >= 15 is 0 Å². The zero-order valence-corrected chi connectivity index (χ0v) is 20.6. The minimum Gasteiger partial charge on any atom is -0.482 e. The molecule has 0 unspecified atom stereocenters. The Labute approximate surface area is 207 Å². The van der Waals surface area contributed by atoms with Crippen molar-refractivity contribution in [3.05, 3.63) is 86.8 Å². The van der Waals surface area contributed by atoms with Gasteiger partial charge in [0.2, 0.25) is 5.78 Å². The van der Waals surface area contributed by atoms with Crippen LogP contribution in [0, 0.1) is 20.8 Å². The number of ketones is 1. The molecule has 34 heavy (non-hydrogen) atoms. The number of halogens is 2. The van der Waals surface area contributed by atoms with E-state index in [0.29, 0.717) is 37.8 Å². The number of ether oxygens (including phenoxy) is 2. The van der Waals surface area contributed by atoms with Crippen LogP contribution >= 0.6 is 23.2 Å². The van der Waals surface area contributed by atoms with Crippen LogP contribution in [-0.2, 0) is 4.74 Å². The van der Waals surface area contributed by atoms with E-state index in [9.17, 15) is 9.59 Å². The SMILES string of the molecule is COC(=O)c1ccc(-n2c(C)cc(C(=O)COc3c(Cl)cc(Cl)c4ccc(C)nc34)c2C)cc1. The molecule has 0 aliphatic heterocycles. The first kappa shape index (κ1) is 23.8. The van der Waals surface area contributed by atoms with Gasteiger partial charge in [-0.1, -0.05) is 23.2 Å². The molecule has 0 bridgehead atoms. The number of hydrogen-bond acceptors (Lipinski definition) is 5. The Kier molecular flexibility index (Phi) is 6.64. The van der Waals surface area contributed by atoms with Crippen LogP contribution in [0.25, 0.3) is 16.6 Å². The summed E-state index contributed by atoms with van der Waals surface area (Å²) in [6, 6.07) is 14.1. The largest absolute Gasteiger partial charge is 0.482 e. The second kappa shape index (κ2) is 9.49. The van der Waals surface area contributed by atoms with Gasteiger partial charge in [0.15, 0.2) is 12.4 Å². The average Bonchev–Trinajstić information content (AvgIpc) is 3.11. The first-order valence-electron chi connectivity index (χ1n) is 10.5. The molecule has 0 aliphatic rings. The molecule has 174 valence electrons. The highest BCUT2D eigenvalue weighted by Gasteiger charge is 2.20. The number of carbonyl (C=O) groups excluding carboxylic acids is 2. The third-order valence-corrected chi connectivity index (χ3v) is 6.20. The van der Waals surface area contributed by atoms with Gasteiger partial charge in [-0.25, -0.2) is 9.78 Å². The number of fused-ring (bicyclic) bond motifs is 1. The molecule has 0 saturated carbocycles. The number of aryl methyl sites for hydroxylation is 2. The molecule has 0 N–H and O–H groups in total. The summed E-state index contributed by atoms with van der Waals surface area (Å²) < 4.78 is 12.6. The number of methoxy groups -OCH3 is 1. The molecule has 0 aliphatic carbocycles. The quantitative estimate of drug-likeness (QED) is 0.231. The monoisotopic (exact) mass is 496 g/mol. The number of carbonyl (C=O) groups is 2. The fourth-order valence-corrected chi connectivity index (χ4v) is 4.52. The number of hydrogen-bond donors (Lipinski definition) is 0. The summed E-state index contributed by atoms with van der Waals surface area (Å²) in [4.78, 5) is 29.3. The summed E-state index contributed by atoms with van der Waals surface area (Å²) >= 11 is 12.7. The Morgan fingerprint density at radius 2 is 1.68 bits per heavy atom. The number of benzene rings is 2. The number of aromatic nitrogens is 2. The molecular weight excluding hydrogens is 475 g/mol. The first-order chi connectivity index (χ1) is 16.2. The normalized spacial score (nSPS) is 11.0. The lowest BCUT2D eigenvalue weighted by Crippen LogP contribution is -2.13. The lowest BCUT2D eigenvalue weighted by molar-refractivity contribution is 0.0600. The van der Waals surface area contributed by atoms with Crippen LogP contribution in [0.3, 0.4) is 0 Å². The van der Waals surface area contributed by atoms with Crippen LogP contribution in [0.4, 0.5) is 0 Å². The van der Waals surface area contributed by atoms with Crippen LogP contribution in [0.15, 0.2) is 48.5 Å². The van der Waals surface area contributed by atoms with E-state index < -0.39 is 5.97 Å². The van der Waals surface area contributed by atoms with Crippen LogP contribution in [0.2, 0.25) is 10.0 Å². The average molecular weight is 497 g/mol. The van der Waals surface area contributed by atoms with Crippen molar-refractivity contribution in [1.82, 2.24) is 9.55 Å². The maximum Gasteiger partial charge on any atom is 0.337 e. The number of nitrogens with zero attached hydrogens (tertiary/aromatic N) is 2. The lowest BCUT2D eigenvalue weighted by atomic mass is 10.1. The Balaban J connectivity index is 1.61. The van der Waals surface area contributed by atoms with Gasteiger partial charge in [0.05, 0.1) is 22.7 Å². The first-order valence-corrected chi connectivity index (χ1v) is 11.3. The van der Waals surface area contributed by atoms with Gasteiger partial charge in [-0.3, -0.25) is 4.79 Å². The number of Topliss-reactive ketones (excluding diaryl/α,β-unsaturated/α-hetero) is 1. The van der Waals surface area contributed by atoms with Gasteiger partial charge in [-0.05, 0) is 69.3 Å². The zero-order chi connectivity index (χ0) is 24.6. The molecule has 2 aromatic heterocycles. The fraction of sp³-hybridized carbons (Fsp3) is 0.192. The number of rotatable bonds is 6. The molecule has 4 aromatic rings. The Morgan fingerprint density at radius 3 is 2.35 bits per heavy atom. The van der Waals surface area contributed by atoms with Gasteiger partial charge in [-0.2, -0.15) is 0 Å². The number of pyridine rings is 1. The van der Waals surface area contributed by atoms with Crippen molar-refractivity contribution in [1.29, 1.82) is 0 Å². The van der Waals surface area contributed by atoms with Crippen molar-refractivity contribution in [2.45, 2.75) is 20.8 Å². The molecule has 2 aromatic carbocycles. The van der Waals surface area contributed by atoms with Crippen molar-refractivity contribution in [3.63, 3.8) is 0 Å². The molecule has 0 radical (unpaired) electrons. The lowest BCUT2D eigenvalue weighted by Gasteiger charge is -2.13. The molecule has 0 spiro atoms. The predicted molar refractivity (Wildman–Crippen MR) is 133 cm³/mol. The third kappa shape index (κ3) is 4.39. The topological polar surface area (TPSA) is 70.4 Å². The maximum absolute atomic E-state index is 13.1. The minimum atomic E-state index is -0.404. The van der Waals surface area contributed by atoms with Gasteiger partial charge in [0, 0.05) is 33.7 Å². The van der Waals surface area contributed by atoms with Crippen molar-refractivity contribution in [2.24, 2.45) is 0 Å². The highest BCUT2D eigenvalue weighted by atomic mass is 35.5. The predicted octanol–water partition coefficient (Wildman–Crippen LogP) is 6.31. The molecule has 2 heterocycles. The summed E-state index contributed by atoms with van der Waals surface area (Å²) in [5.74, 6) is -0.277. The summed E-state index contributed by atoms with van der Waals surface area (Å²) in [5, 5.41) is 1.46. The van der Waals surface area contributed by atoms with Crippen molar-refractivity contribution >= 4 is 45.9 Å². The molecule has 0 atom stereocenters. The summed E-state index contributed by atoms with van der Waals surface area (Å²) in [6.45, 7) is 5.42. The van der Waals surface area contributed by atoms with Gasteiger partial charge in [0.25, 0.3) is 0 Å². The van der Waals surface area contributed by atoms with Gasteiger partial charge >= 0.3 is 5.97 Å². The van der Waals surface area contributed by atoms with Crippen molar-refractivity contribution in [3.8, 4) is 11.4 Å². The summed E-state index contributed by atoms with van der Waals surface area (Å²) in [6.07, 6.45) is 0. The highest BCUT2D eigenvalue weighted by molar-refractivity contribution is 6.39. The van der Waals surface area contributed by atoms with Gasteiger partial charge in [-0.15, -0.1) is 0 Å². The fourth-order valence-electron chi connectivity index (χ4n) is 3.95. The molecule has 0 amide bonds. The van der Waals surface area contributed by atoms with Crippen LogP contribution in [0.5, 0.6) is 5.75 Å². The van der Waals surface area contributed by atoms with Crippen LogP contribution in [0.1, 0.15) is 37.8 Å². The summed E-state index contributed by atoms with van der Waals surface area (Å²) in [7, 11) is 1.34. The molecule has 6 nitrogen and oxygen atoms in total. The Bertz CT molecular complexity index is 1430. The Morgan fingerprint density at radius 1 is 0.971 bits per heavy atom. The maximum atomic E-state index is 13.1. The third-order valence-electron chi connectivity index (χ3n) is 5.60. The van der Waals surface area contributed by atoms with Gasteiger partial charge < -0.3 is 14.0 Å². The molecule has 0 fully saturated rings. The smallest absolute Gasteiger partial charge is 0.337 e. The van der Waals surface area contributed by atoms with E-state index in [-0.39, 0.29) is 12.4 Å². The second-order valence-electron chi connectivity index (χ2n) is 7.89. The van der Waals surface area contributed by atoms with E-state index in [1.807, 2.05) is 55.7 Å². The van der Waals surface area contributed by atoms with E-state index in [4.69, 9.17) is 32.7 Å². The highest BCUT2D eigenvalue weighted by Crippen LogP contribution is 2.37. The van der Waals surface area contributed by atoms with Crippen LogP contribution < -0.4 is 4.74 Å². The Hall–Kier alpha value is -3.35. The molecular formula is C26H22Cl2N2O4. The second-order valence-corrected chi connectivity index (χ2v) is 8.70. The standard InChI is InChI=1S/C26H22Cl2N2O4/c1-14-5-10-19-21(27)12-22(28)25(24(19)29-14)34-13-23(31)20-11-15(2)30(16(20)3)18-8-6-17(7-9-18)26(32)33-4/h5-12H,13H2,1-4H3. The summed E-state index contributed by atoms with van der Waals surface area (Å²) in [5.41, 5.74) is 4.75. The van der Waals surface area contributed by atoms with Crippen molar-refractivity contribution in [2.75, 3.05) is 13.7 Å². The number of esters is 1. The van der Waals surface area contributed by atoms with E-state index in [2.05, 4.69) is 4.98 Å². The molecule has 8 heteroatoms. The van der Waals surface area contributed by atoms with Crippen LogP contribution in [-0.4, -0.2) is 35.0 Å². The minimum absolute atomic E-state index is 0.197. The zero-order valence-electron chi connectivity index (χ0n) is 19.1.